The van der Waals surface area contributed by atoms with E-state index in [2.05, 4.69) is 23.7 Å². The van der Waals surface area contributed by atoms with Crippen molar-refractivity contribution in [2.24, 2.45) is 0 Å². The SMILES string of the molecule is CNC(Cc1ccc(OC)c(F)c1)c1ccccc1SC. The van der Waals surface area contributed by atoms with E-state index in [-0.39, 0.29) is 17.6 Å². The molecule has 112 valence electrons. The molecule has 21 heavy (non-hydrogen) atoms. The molecule has 0 amide bonds. The van der Waals surface area contributed by atoms with Gasteiger partial charge in [0, 0.05) is 10.9 Å². The maximum atomic E-state index is 13.8. The van der Waals surface area contributed by atoms with Gasteiger partial charge in [-0.3, -0.25) is 0 Å². The average Bonchev–Trinajstić information content (AvgIpc) is 2.52. The Hall–Kier alpha value is -1.52. The molecule has 4 heteroatoms. The highest BCUT2D eigenvalue weighted by molar-refractivity contribution is 7.98. The first-order chi connectivity index (χ1) is 10.2. The first-order valence-electron chi connectivity index (χ1n) is 6.82. The summed E-state index contributed by atoms with van der Waals surface area (Å²) in [6.07, 6.45) is 2.80. The molecule has 2 rings (SSSR count). The molecule has 0 saturated carbocycles. The Kier molecular flexibility index (Phi) is 5.65. The maximum Gasteiger partial charge on any atom is 0.165 e. The van der Waals surface area contributed by atoms with Gasteiger partial charge < -0.3 is 10.1 Å². The molecule has 0 spiro atoms. The van der Waals surface area contributed by atoms with E-state index >= 15 is 0 Å². The Morgan fingerprint density at radius 3 is 2.62 bits per heavy atom. The number of thioether (sulfide) groups is 1. The number of rotatable bonds is 6. The number of benzene rings is 2. The third-order valence-electron chi connectivity index (χ3n) is 3.52. The fourth-order valence-corrected chi connectivity index (χ4v) is 3.06. The van der Waals surface area contributed by atoms with Crippen LogP contribution in [0.4, 0.5) is 4.39 Å². The standard InChI is InChI=1S/C17H20FNOS/c1-19-15(13-6-4-5-7-17(13)21-3)11-12-8-9-16(20-2)14(18)10-12/h4-10,15,19H,11H2,1-3H3. The van der Waals surface area contributed by atoms with Gasteiger partial charge in [0.25, 0.3) is 0 Å². The maximum absolute atomic E-state index is 13.8. The van der Waals surface area contributed by atoms with Crippen molar-refractivity contribution in [3.8, 4) is 5.75 Å². The van der Waals surface area contributed by atoms with Gasteiger partial charge >= 0.3 is 0 Å². The van der Waals surface area contributed by atoms with Crippen LogP contribution in [0.2, 0.25) is 0 Å². The van der Waals surface area contributed by atoms with E-state index in [1.165, 1.54) is 17.6 Å². The topological polar surface area (TPSA) is 21.3 Å². The summed E-state index contributed by atoms with van der Waals surface area (Å²) in [5.74, 6) is -0.0349. The van der Waals surface area contributed by atoms with Gasteiger partial charge in [-0.25, -0.2) is 4.39 Å². The van der Waals surface area contributed by atoms with Gasteiger partial charge in [-0.05, 0) is 49.1 Å². The summed E-state index contributed by atoms with van der Waals surface area (Å²) in [6.45, 7) is 0. The lowest BCUT2D eigenvalue weighted by atomic mass is 9.99. The summed E-state index contributed by atoms with van der Waals surface area (Å²) >= 11 is 1.72. The van der Waals surface area contributed by atoms with Gasteiger partial charge in [0.15, 0.2) is 11.6 Å². The Bertz CT molecular complexity index is 603. The van der Waals surface area contributed by atoms with Crippen LogP contribution in [-0.2, 0) is 6.42 Å². The van der Waals surface area contributed by atoms with Crippen LogP contribution < -0.4 is 10.1 Å². The van der Waals surface area contributed by atoms with E-state index in [4.69, 9.17) is 4.74 Å². The summed E-state index contributed by atoms with van der Waals surface area (Å²) in [5, 5.41) is 3.32. The summed E-state index contributed by atoms with van der Waals surface area (Å²) in [4.78, 5) is 1.24. The average molecular weight is 305 g/mol. The van der Waals surface area contributed by atoms with E-state index in [0.29, 0.717) is 0 Å². The van der Waals surface area contributed by atoms with Gasteiger partial charge in [-0.1, -0.05) is 24.3 Å². The molecule has 0 aromatic heterocycles. The molecule has 0 heterocycles. The van der Waals surface area contributed by atoms with E-state index in [1.807, 2.05) is 25.2 Å². The minimum absolute atomic E-state index is 0.154. The van der Waals surface area contributed by atoms with Crippen LogP contribution in [0.15, 0.2) is 47.4 Å². The molecule has 0 aliphatic rings. The van der Waals surface area contributed by atoms with Crippen LogP contribution in [0.1, 0.15) is 17.2 Å². The van der Waals surface area contributed by atoms with Gasteiger partial charge in [-0.15, -0.1) is 11.8 Å². The Morgan fingerprint density at radius 1 is 1.24 bits per heavy atom. The van der Waals surface area contributed by atoms with Crippen LogP contribution in [0.25, 0.3) is 0 Å². The molecule has 2 aromatic rings. The first kappa shape index (κ1) is 15.9. The molecule has 1 unspecified atom stereocenters. The van der Waals surface area contributed by atoms with Gasteiger partial charge in [0.05, 0.1) is 7.11 Å². The number of hydrogen-bond donors (Lipinski definition) is 1. The van der Waals surface area contributed by atoms with Crippen molar-refractivity contribution in [2.75, 3.05) is 20.4 Å². The zero-order valence-electron chi connectivity index (χ0n) is 12.5. The Balaban J connectivity index is 2.25. The predicted octanol–water partition coefficient (Wildman–Crippen LogP) is 4.06. The molecule has 1 atom stereocenters. The predicted molar refractivity (Wildman–Crippen MR) is 86.7 cm³/mol. The van der Waals surface area contributed by atoms with Crippen molar-refractivity contribution in [3.63, 3.8) is 0 Å². The third kappa shape index (κ3) is 3.77. The summed E-state index contributed by atoms with van der Waals surface area (Å²) < 4.78 is 18.8. The van der Waals surface area contributed by atoms with Crippen molar-refractivity contribution >= 4 is 11.8 Å². The van der Waals surface area contributed by atoms with Crippen LogP contribution in [-0.4, -0.2) is 20.4 Å². The number of ether oxygens (including phenoxy) is 1. The van der Waals surface area contributed by atoms with Gasteiger partial charge in [0.1, 0.15) is 0 Å². The highest BCUT2D eigenvalue weighted by Gasteiger charge is 2.14. The summed E-state index contributed by atoms with van der Waals surface area (Å²) in [5.41, 5.74) is 2.19. The van der Waals surface area contributed by atoms with E-state index < -0.39 is 0 Å². The Labute approximate surface area is 129 Å². The van der Waals surface area contributed by atoms with Crippen molar-refractivity contribution in [2.45, 2.75) is 17.4 Å². The molecule has 1 N–H and O–H groups in total. The number of nitrogens with one attached hydrogen (secondary N) is 1. The molecular weight excluding hydrogens is 285 g/mol. The fourth-order valence-electron chi connectivity index (χ4n) is 2.39. The van der Waals surface area contributed by atoms with E-state index in [1.54, 1.807) is 23.9 Å². The lowest BCUT2D eigenvalue weighted by Gasteiger charge is -2.19. The van der Waals surface area contributed by atoms with Crippen LogP contribution in [0.3, 0.4) is 0 Å². The quantitative estimate of drug-likeness (QED) is 0.813. The minimum Gasteiger partial charge on any atom is -0.494 e. The van der Waals surface area contributed by atoms with Crippen LogP contribution in [0, 0.1) is 5.82 Å². The van der Waals surface area contributed by atoms with E-state index in [9.17, 15) is 4.39 Å². The highest BCUT2D eigenvalue weighted by Crippen LogP contribution is 2.28. The molecule has 0 bridgehead atoms. The number of hydrogen-bond acceptors (Lipinski definition) is 3. The molecule has 0 aliphatic carbocycles. The fraction of sp³-hybridized carbons (Fsp3) is 0.294. The second kappa shape index (κ2) is 7.48. The number of halogens is 1. The number of likely N-dealkylation sites (N-methyl/N-ethyl adjacent to an activating group) is 1. The minimum atomic E-state index is -0.317. The highest BCUT2D eigenvalue weighted by atomic mass is 32.2. The Morgan fingerprint density at radius 2 is 2.00 bits per heavy atom. The van der Waals surface area contributed by atoms with Gasteiger partial charge in [0.2, 0.25) is 0 Å². The monoisotopic (exact) mass is 305 g/mol. The van der Waals surface area contributed by atoms with Crippen LogP contribution in [0.5, 0.6) is 5.75 Å². The zero-order chi connectivity index (χ0) is 15.2. The molecule has 2 aromatic carbocycles. The summed E-state index contributed by atoms with van der Waals surface area (Å²) in [7, 11) is 3.41. The molecule has 0 aliphatic heterocycles. The molecule has 0 radical (unpaired) electrons. The lowest BCUT2D eigenvalue weighted by Crippen LogP contribution is -2.19. The van der Waals surface area contributed by atoms with Crippen LogP contribution >= 0.6 is 11.8 Å². The second-order valence-electron chi connectivity index (χ2n) is 4.76. The van der Waals surface area contributed by atoms with Crippen molar-refractivity contribution < 1.29 is 9.13 Å². The first-order valence-corrected chi connectivity index (χ1v) is 8.04. The number of methoxy groups -OCH3 is 1. The summed E-state index contributed by atoms with van der Waals surface area (Å²) in [6, 6.07) is 13.6. The second-order valence-corrected chi connectivity index (χ2v) is 5.60. The van der Waals surface area contributed by atoms with Crippen molar-refractivity contribution in [3.05, 3.63) is 59.4 Å². The molecule has 0 saturated heterocycles. The van der Waals surface area contributed by atoms with Gasteiger partial charge in [-0.2, -0.15) is 0 Å². The molecule has 0 fully saturated rings. The molecular formula is C17H20FNOS. The largest absolute Gasteiger partial charge is 0.494 e. The molecule has 2 nitrogen and oxygen atoms in total. The van der Waals surface area contributed by atoms with E-state index in [0.717, 1.165) is 12.0 Å². The zero-order valence-corrected chi connectivity index (χ0v) is 13.3. The normalized spacial score (nSPS) is 12.2. The van der Waals surface area contributed by atoms with Crippen molar-refractivity contribution in [1.82, 2.24) is 5.32 Å². The third-order valence-corrected chi connectivity index (χ3v) is 4.33. The smallest absolute Gasteiger partial charge is 0.165 e. The van der Waals surface area contributed by atoms with Crippen molar-refractivity contribution in [1.29, 1.82) is 0 Å². The lowest BCUT2D eigenvalue weighted by molar-refractivity contribution is 0.386.